The van der Waals surface area contributed by atoms with Crippen molar-refractivity contribution in [1.82, 2.24) is 10.2 Å². The van der Waals surface area contributed by atoms with Crippen LogP contribution in [0.3, 0.4) is 0 Å². The van der Waals surface area contributed by atoms with Crippen LogP contribution in [0.2, 0.25) is 0 Å². The van der Waals surface area contributed by atoms with E-state index in [-0.39, 0.29) is 31.4 Å². The Morgan fingerprint density at radius 1 is 1.06 bits per heavy atom. The van der Waals surface area contributed by atoms with Gasteiger partial charge in [-0.05, 0) is 31.2 Å². The molecule has 0 fully saturated rings. The first-order valence-electron chi connectivity index (χ1n) is 10.1. The third-order valence-electron chi connectivity index (χ3n) is 4.52. The summed E-state index contributed by atoms with van der Waals surface area (Å²) in [4.78, 5) is 26.4. The number of amides is 1. The molecule has 0 spiro atoms. The molecule has 9 heteroatoms. The third kappa shape index (κ3) is 7.12. The maximum Gasteiger partial charge on any atom is 0.307 e. The van der Waals surface area contributed by atoms with Gasteiger partial charge in [0.2, 0.25) is 0 Å². The Balaban J connectivity index is 2.09. The Bertz CT molecular complexity index is 973. The van der Waals surface area contributed by atoms with Gasteiger partial charge >= 0.3 is 5.97 Å². The van der Waals surface area contributed by atoms with Crippen LogP contribution in [0.15, 0.2) is 48.5 Å². The topological polar surface area (TPSA) is 142 Å². The fraction of sp³-hybridized carbons (Fsp3) is 0.304. The number of hydrogen-bond donors (Lipinski definition) is 4. The molecule has 0 saturated carbocycles. The molecule has 0 heterocycles. The summed E-state index contributed by atoms with van der Waals surface area (Å²) < 4.78 is 10.8. The minimum atomic E-state index is -0.637. The molecule has 2 aromatic carbocycles. The predicted molar refractivity (Wildman–Crippen MR) is 122 cm³/mol. The van der Waals surface area contributed by atoms with Crippen LogP contribution in [-0.4, -0.2) is 61.8 Å². The highest BCUT2D eigenvalue weighted by Crippen LogP contribution is 2.14. The standard InChI is InChI=1S/C23H29N5O4/c1-4-31-20(29)13-18(14-32-19-7-5-6-17(12-19)21(24)25)27-23(30)16-10-8-15(9-11-16)22(26)28(2)3/h5-12,18,26H,4,13-14H2,1-3H3,(H3,24,25)(H,27,30)/t18-/m1/s1. The van der Waals surface area contributed by atoms with Gasteiger partial charge < -0.3 is 25.4 Å². The van der Waals surface area contributed by atoms with E-state index in [1.54, 1.807) is 74.4 Å². The van der Waals surface area contributed by atoms with E-state index in [0.29, 0.717) is 28.3 Å². The molecule has 2 rings (SSSR count). The number of nitrogens with zero attached hydrogens (tertiary/aromatic N) is 1. The zero-order chi connectivity index (χ0) is 23.7. The lowest BCUT2D eigenvalue weighted by Crippen LogP contribution is -2.41. The van der Waals surface area contributed by atoms with Gasteiger partial charge in [0.05, 0.1) is 19.1 Å². The molecule has 0 aliphatic rings. The number of hydrogen-bond acceptors (Lipinski definition) is 6. The molecular weight excluding hydrogens is 410 g/mol. The maximum atomic E-state index is 12.7. The number of amidine groups is 2. The lowest BCUT2D eigenvalue weighted by Gasteiger charge is -2.19. The van der Waals surface area contributed by atoms with Crippen molar-refractivity contribution in [3.05, 3.63) is 65.2 Å². The number of benzene rings is 2. The number of nitrogen functional groups attached to an aromatic ring is 1. The Morgan fingerprint density at radius 3 is 2.31 bits per heavy atom. The molecule has 0 aliphatic carbocycles. The van der Waals surface area contributed by atoms with E-state index >= 15 is 0 Å². The first-order valence-corrected chi connectivity index (χ1v) is 10.1. The highest BCUT2D eigenvalue weighted by atomic mass is 16.5. The van der Waals surface area contributed by atoms with Crippen LogP contribution in [-0.2, 0) is 9.53 Å². The third-order valence-corrected chi connectivity index (χ3v) is 4.52. The predicted octanol–water partition coefficient (Wildman–Crippen LogP) is 1.99. The number of carbonyl (C=O) groups is 2. The fourth-order valence-electron chi connectivity index (χ4n) is 2.83. The van der Waals surface area contributed by atoms with E-state index in [1.807, 2.05) is 0 Å². The second-order valence-electron chi connectivity index (χ2n) is 7.25. The zero-order valence-corrected chi connectivity index (χ0v) is 18.5. The van der Waals surface area contributed by atoms with Crippen LogP contribution in [0, 0.1) is 10.8 Å². The second kappa shape index (κ2) is 11.5. The van der Waals surface area contributed by atoms with Crippen molar-refractivity contribution >= 4 is 23.5 Å². The number of esters is 1. The van der Waals surface area contributed by atoms with Crippen molar-refractivity contribution in [1.29, 1.82) is 10.8 Å². The number of carbonyl (C=O) groups excluding carboxylic acids is 2. The van der Waals surface area contributed by atoms with Crippen LogP contribution < -0.4 is 15.8 Å². The lowest BCUT2D eigenvalue weighted by molar-refractivity contribution is -0.143. The smallest absolute Gasteiger partial charge is 0.307 e. The van der Waals surface area contributed by atoms with Gasteiger partial charge in [0.15, 0.2) is 0 Å². The van der Waals surface area contributed by atoms with Crippen molar-refractivity contribution < 1.29 is 19.1 Å². The number of ether oxygens (including phenoxy) is 2. The van der Waals surface area contributed by atoms with E-state index in [2.05, 4.69) is 5.32 Å². The van der Waals surface area contributed by atoms with Crippen LogP contribution >= 0.6 is 0 Å². The highest BCUT2D eigenvalue weighted by Gasteiger charge is 2.19. The second-order valence-corrected chi connectivity index (χ2v) is 7.25. The van der Waals surface area contributed by atoms with Gasteiger partial charge in [-0.25, -0.2) is 0 Å². The molecule has 0 unspecified atom stereocenters. The molecule has 0 aliphatic heterocycles. The summed E-state index contributed by atoms with van der Waals surface area (Å²) in [5, 5.41) is 18.3. The zero-order valence-electron chi connectivity index (χ0n) is 18.5. The van der Waals surface area contributed by atoms with E-state index < -0.39 is 12.0 Å². The van der Waals surface area contributed by atoms with Gasteiger partial charge in [0, 0.05) is 30.8 Å². The van der Waals surface area contributed by atoms with Gasteiger partial charge in [-0.15, -0.1) is 0 Å². The maximum absolute atomic E-state index is 12.7. The molecule has 170 valence electrons. The molecule has 1 amide bonds. The molecule has 5 N–H and O–H groups in total. The van der Waals surface area contributed by atoms with Crippen molar-refractivity contribution in [2.45, 2.75) is 19.4 Å². The summed E-state index contributed by atoms with van der Waals surface area (Å²) in [5.41, 5.74) is 7.10. The summed E-state index contributed by atoms with van der Waals surface area (Å²) in [6, 6.07) is 12.7. The minimum absolute atomic E-state index is 0.0231. The first kappa shape index (κ1) is 24.4. The number of rotatable bonds is 10. The van der Waals surface area contributed by atoms with Crippen LogP contribution in [0.5, 0.6) is 5.75 Å². The molecule has 2 aromatic rings. The molecule has 1 atom stereocenters. The van der Waals surface area contributed by atoms with Gasteiger partial charge in [-0.1, -0.05) is 24.3 Å². The van der Waals surface area contributed by atoms with Crippen molar-refractivity contribution in [3.63, 3.8) is 0 Å². The van der Waals surface area contributed by atoms with Gasteiger partial charge in [0.25, 0.3) is 5.91 Å². The Kier molecular flexibility index (Phi) is 8.76. The van der Waals surface area contributed by atoms with E-state index in [1.165, 1.54) is 0 Å². The summed E-state index contributed by atoms with van der Waals surface area (Å²) in [7, 11) is 3.55. The number of nitrogens with one attached hydrogen (secondary N) is 3. The average molecular weight is 440 g/mol. The Hall–Kier alpha value is -3.88. The van der Waals surface area contributed by atoms with E-state index in [4.69, 9.17) is 26.0 Å². The van der Waals surface area contributed by atoms with Gasteiger partial charge in [-0.3, -0.25) is 20.4 Å². The van der Waals surface area contributed by atoms with E-state index in [0.717, 1.165) is 0 Å². The molecule has 0 saturated heterocycles. The SMILES string of the molecule is CCOC(=O)C[C@H](COc1cccc(C(=N)N)c1)NC(=O)c1ccc(C(=N)N(C)C)cc1. The average Bonchev–Trinajstić information content (AvgIpc) is 2.77. The van der Waals surface area contributed by atoms with Crippen LogP contribution in [0.25, 0.3) is 0 Å². The van der Waals surface area contributed by atoms with Crippen molar-refractivity contribution in [2.24, 2.45) is 5.73 Å². The normalized spacial score (nSPS) is 11.2. The molecule has 9 nitrogen and oxygen atoms in total. The van der Waals surface area contributed by atoms with Crippen molar-refractivity contribution in [3.8, 4) is 5.75 Å². The molecule has 0 bridgehead atoms. The van der Waals surface area contributed by atoms with Gasteiger partial charge in [0.1, 0.15) is 24.0 Å². The summed E-state index contributed by atoms with van der Waals surface area (Å²) in [6.07, 6.45) is -0.0602. The van der Waals surface area contributed by atoms with Crippen LogP contribution in [0.4, 0.5) is 0 Å². The number of nitrogens with two attached hydrogens (primary N) is 1. The molecule has 0 radical (unpaired) electrons. The molecule has 0 aromatic heterocycles. The minimum Gasteiger partial charge on any atom is -0.491 e. The van der Waals surface area contributed by atoms with Crippen molar-refractivity contribution in [2.75, 3.05) is 27.3 Å². The van der Waals surface area contributed by atoms with Gasteiger partial charge in [-0.2, -0.15) is 0 Å². The Morgan fingerprint density at radius 2 is 1.72 bits per heavy atom. The quantitative estimate of drug-likeness (QED) is 0.253. The highest BCUT2D eigenvalue weighted by molar-refractivity contribution is 5.99. The monoisotopic (exact) mass is 439 g/mol. The summed E-state index contributed by atoms with van der Waals surface area (Å²) >= 11 is 0. The fourth-order valence-corrected chi connectivity index (χ4v) is 2.83. The molecule has 32 heavy (non-hydrogen) atoms. The summed E-state index contributed by atoms with van der Waals surface area (Å²) in [5.74, 6) is -0.111. The largest absolute Gasteiger partial charge is 0.491 e. The Labute approximate surface area is 187 Å². The summed E-state index contributed by atoms with van der Waals surface area (Å²) in [6.45, 7) is 1.97. The van der Waals surface area contributed by atoms with E-state index in [9.17, 15) is 9.59 Å². The molecular formula is C23H29N5O4. The van der Waals surface area contributed by atoms with Crippen LogP contribution in [0.1, 0.15) is 34.8 Å². The lowest BCUT2D eigenvalue weighted by atomic mass is 10.1. The first-order chi connectivity index (χ1) is 15.2.